The second kappa shape index (κ2) is 6.66. The van der Waals surface area contributed by atoms with Gasteiger partial charge in [-0.05, 0) is 36.8 Å². The van der Waals surface area contributed by atoms with Crippen LogP contribution in [0.1, 0.15) is 5.56 Å². The average molecular weight is 279 g/mol. The molecule has 0 saturated carbocycles. The molecule has 4 heteroatoms. The van der Waals surface area contributed by atoms with E-state index < -0.39 is 0 Å². The lowest BCUT2D eigenvalue weighted by atomic mass is 10.2. The molecule has 0 aliphatic carbocycles. The first kappa shape index (κ1) is 13.2. The Bertz CT molecular complexity index is 517. The standard InChI is InChI=1S/C14H15ClN2S/c1-11-4-2-5-12(10-11)16-8-9-18-14-13(15)6-3-7-17-14/h2-7,10,16H,8-9H2,1H3. The summed E-state index contributed by atoms with van der Waals surface area (Å²) >= 11 is 7.70. The lowest BCUT2D eigenvalue weighted by molar-refractivity contribution is 1.12. The average Bonchev–Trinajstić information content (AvgIpc) is 2.37. The fourth-order valence-corrected chi connectivity index (χ4v) is 2.60. The maximum atomic E-state index is 6.04. The quantitative estimate of drug-likeness (QED) is 0.654. The predicted molar refractivity (Wildman–Crippen MR) is 79.6 cm³/mol. The van der Waals surface area contributed by atoms with Crippen molar-refractivity contribution in [2.24, 2.45) is 0 Å². The zero-order chi connectivity index (χ0) is 12.8. The van der Waals surface area contributed by atoms with E-state index in [1.54, 1.807) is 18.0 Å². The maximum Gasteiger partial charge on any atom is 0.115 e. The highest BCUT2D eigenvalue weighted by Gasteiger charge is 2.00. The van der Waals surface area contributed by atoms with E-state index in [2.05, 4.69) is 41.5 Å². The van der Waals surface area contributed by atoms with Gasteiger partial charge >= 0.3 is 0 Å². The number of nitrogens with zero attached hydrogens (tertiary/aromatic N) is 1. The van der Waals surface area contributed by atoms with Crippen LogP contribution >= 0.6 is 23.4 Å². The molecular formula is C14H15ClN2S. The van der Waals surface area contributed by atoms with Crippen LogP contribution < -0.4 is 5.32 Å². The minimum atomic E-state index is 0.720. The Morgan fingerprint density at radius 3 is 2.94 bits per heavy atom. The van der Waals surface area contributed by atoms with Gasteiger partial charge in [-0.1, -0.05) is 23.7 Å². The van der Waals surface area contributed by atoms with Crippen molar-refractivity contribution in [3.8, 4) is 0 Å². The largest absolute Gasteiger partial charge is 0.384 e. The highest BCUT2D eigenvalue weighted by molar-refractivity contribution is 7.99. The summed E-state index contributed by atoms with van der Waals surface area (Å²) in [7, 11) is 0. The van der Waals surface area contributed by atoms with Gasteiger partial charge in [0.25, 0.3) is 0 Å². The third-order valence-electron chi connectivity index (χ3n) is 2.41. The molecule has 0 aliphatic heterocycles. The van der Waals surface area contributed by atoms with Crippen LogP contribution in [0.3, 0.4) is 0 Å². The first-order valence-corrected chi connectivity index (χ1v) is 7.16. The van der Waals surface area contributed by atoms with E-state index in [0.29, 0.717) is 0 Å². The summed E-state index contributed by atoms with van der Waals surface area (Å²) < 4.78 is 0. The van der Waals surface area contributed by atoms with Gasteiger partial charge in [0.2, 0.25) is 0 Å². The van der Waals surface area contributed by atoms with E-state index in [9.17, 15) is 0 Å². The molecule has 0 unspecified atom stereocenters. The number of nitrogens with one attached hydrogen (secondary N) is 1. The molecule has 1 N–H and O–H groups in total. The van der Waals surface area contributed by atoms with E-state index in [1.807, 2.05) is 12.1 Å². The molecule has 1 heterocycles. The number of aromatic nitrogens is 1. The van der Waals surface area contributed by atoms with E-state index in [4.69, 9.17) is 11.6 Å². The van der Waals surface area contributed by atoms with Crippen molar-refractivity contribution >= 4 is 29.1 Å². The summed E-state index contributed by atoms with van der Waals surface area (Å²) in [6.45, 7) is 2.98. The summed E-state index contributed by atoms with van der Waals surface area (Å²) in [4.78, 5) is 4.24. The molecule has 94 valence electrons. The van der Waals surface area contributed by atoms with Gasteiger partial charge in [-0.3, -0.25) is 0 Å². The van der Waals surface area contributed by atoms with Crippen LogP contribution in [-0.4, -0.2) is 17.3 Å². The number of pyridine rings is 1. The predicted octanol–water partition coefficient (Wildman–Crippen LogP) is 4.25. The van der Waals surface area contributed by atoms with Gasteiger partial charge in [0.15, 0.2) is 0 Å². The fraction of sp³-hybridized carbons (Fsp3) is 0.214. The van der Waals surface area contributed by atoms with Gasteiger partial charge in [-0.25, -0.2) is 4.98 Å². The molecule has 0 radical (unpaired) electrons. The second-order valence-electron chi connectivity index (χ2n) is 3.94. The Hall–Kier alpha value is -1.19. The van der Waals surface area contributed by atoms with Crippen molar-refractivity contribution in [1.29, 1.82) is 0 Å². The molecule has 1 aromatic carbocycles. The number of aryl methyl sites for hydroxylation is 1. The van der Waals surface area contributed by atoms with Gasteiger partial charge in [0.05, 0.1) is 5.02 Å². The summed E-state index contributed by atoms with van der Waals surface area (Å²) in [6.07, 6.45) is 1.77. The Kier molecular flexibility index (Phi) is 4.90. The van der Waals surface area contributed by atoms with Crippen LogP contribution in [0, 0.1) is 6.92 Å². The summed E-state index contributed by atoms with van der Waals surface area (Å²) in [6, 6.07) is 12.1. The van der Waals surface area contributed by atoms with E-state index in [0.717, 1.165) is 28.0 Å². The van der Waals surface area contributed by atoms with Crippen LogP contribution in [-0.2, 0) is 0 Å². The Balaban J connectivity index is 1.78. The third kappa shape index (κ3) is 3.93. The summed E-state index contributed by atoms with van der Waals surface area (Å²) in [5.41, 5.74) is 2.42. The van der Waals surface area contributed by atoms with Crippen molar-refractivity contribution in [3.05, 3.63) is 53.2 Å². The molecule has 1 aromatic heterocycles. The first-order valence-electron chi connectivity index (χ1n) is 5.79. The Morgan fingerprint density at radius 1 is 1.28 bits per heavy atom. The minimum Gasteiger partial charge on any atom is -0.384 e. The lowest BCUT2D eigenvalue weighted by Crippen LogP contribution is -2.04. The second-order valence-corrected chi connectivity index (χ2v) is 5.43. The van der Waals surface area contributed by atoms with Crippen molar-refractivity contribution < 1.29 is 0 Å². The molecule has 2 rings (SSSR count). The van der Waals surface area contributed by atoms with E-state index in [-0.39, 0.29) is 0 Å². The monoisotopic (exact) mass is 278 g/mol. The normalized spacial score (nSPS) is 10.3. The number of anilines is 1. The number of hydrogen-bond donors (Lipinski definition) is 1. The third-order valence-corrected chi connectivity index (χ3v) is 3.84. The zero-order valence-corrected chi connectivity index (χ0v) is 11.8. The van der Waals surface area contributed by atoms with Crippen molar-refractivity contribution in [3.63, 3.8) is 0 Å². The number of benzene rings is 1. The van der Waals surface area contributed by atoms with Crippen molar-refractivity contribution in [1.82, 2.24) is 4.98 Å². The summed E-state index contributed by atoms with van der Waals surface area (Å²) in [5, 5.41) is 5.00. The lowest BCUT2D eigenvalue weighted by Gasteiger charge is -2.07. The SMILES string of the molecule is Cc1cccc(NCCSc2ncccc2Cl)c1. The van der Waals surface area contributed by atoms with Crippen LogP contribution in [0.15, 0.2) is 47.6 Å². The van der Waals surface area contributed by atoms with E-state index >= 15 is 0 Å². The van der Waals surface area contributed by atoms with Crippen LogP contribution in [0.2, 0.25) is 5.02 Å². The molecule has 2 aromatic rings. The number of halogens is 1. The van der Waals surface area contributed by atoms with Crippen LogP contribution in [0.4, 0.5) is 5.69 Å². The fourth-order valence-electron chi connectivity index (χ4n) is 1.58. The van der Waals surface area contributed by atoms with Gasteiger partial charge < -0.3 is 5.32 Å². The molecule has 0 spiro atoms. The number of thioether (sulfide) groups is 1. The summed E-state index contributed by atoms with van der Waals surface area (Å²) in [5.74, 6) is 0.935. The molecule has 0 atom stereocenters. The molecule has 18 heavy (non-hydrogen) atoms. The Labute approximate surface area is 117 Å². The highest BCUT2D eigenvalue weighted by atomic mass is 35.5. The molecular weight excluding hydrogens is 264 g/mol. The van der Waals surface area contributed by atoms with Gasteiger partial charge in [-0.15, -0.1) is 11.8 Å². The van der Waals surface area contributed by atoms with Crippen LogP contribution in [0.25, 0.3) is 0 Å². The first-order chi connectivity index (χ1) is 8.75. The highest BCUT2D eigenvalue weighted by Crippen LogP contribution is 2.23. The van der Waals surface area contributed by atoms with Crippen molar-refractivity contribution in [2.75, 3.05) is 17.6 Å². The molecule has 0 saturated heterocycles. The van der Waals surface area contributed by atoms with Gasteiger partial charge in [0.1, 0.15) is 5.03 Å². The topological polar surface area (TPSA) is 24.9 Å². The minimum absolute atomic E-state index is 0.720. The molecule has 0 aliphatic rings. The van der Waals surface area contributed by atoms with E-state index in [1.165, 1.54) is 5.56 Å². The van der Waals surface area contributed by atoms with Gasteiger partial charge in [-0.2, -0.15) is 0 Å². The van der Waals surface area contributed by atoms with Gasteiger partial charge in [0, 0.05) is 24.2 Å². The molecule has 0 bridgehead atoms. The maximum absolute atomic E-state index is 6.04. The number of hydrogen-bond acceptors (Lipinski definition) is 3. The zero-order valence-electron chi connectivity index (χ0n) is 10.2. The van der Waals surface area contributed by atoms with Crippen LogP contribution in [0.5, 0.6) is 0 Å². The molecule has 0 fully saturated rings. The Morgan fingerprint density at radius 2 is 2.17 bits per heavy atom. The molecule has 2 nitrogen and oxygen atoms in total. The smallest absolute Gasteiger partial charge is 0.115 e. The molecule has 0 amide bonds. The van der Waals surface area contributed by atoms with Crippen molar-refractivity contribution in [2.45, 2.75) is 11.9 Å². The number of rotatable bonds is 5.